The topological polar surface area (TPSA) is 21.3 Å². The Morgan fingerprint density at radius 1 is 1.40 bits per heavy atom. The fourth-order valence-corrected chi connectivity index (χ4v) is 2.34. The number of ether oxygens (including phenoxy) is 1. The van der Waals surface area contributed by atoms with Crippen molar-refractivity contribution in [3.63, 3.8) is 0 Å². The summed E-state index contributed by atoms with van der Waals surface area (Å²) in [4.78, 5) is 0. The quantitative estimate of drug-likeness (QED) is 0.801. The predicted molar refractivity (Wildman–Crippen MR) is 62.3 cm³/mol. The number of rotatable bonds is 2. The summed E-state index contributed by atoms with van der Waals surface area (Å²) in [6.07, 6.45) is 1.10. The van der Waals surface area contributed by atoms with Gasteiger partial charge in [-0.3, -0.25) is 0 Å². The Balaban J connectivity index is 2.30. The smallest absolute Gasteiger partial charge is 0.119 e. The van der Waals surface area contributed by atoms with E-state index in [-0.39, 0.29) is 0 Å². The summed E-state index contributed by atoms with van der Waals surface area (Å²) in [6, 6.07) is 7.45. The van der Waals surface area contributed by atoms with E-state index in [4.69, 9.17) is 4.74 Å². The first-order chi connectivity index (χ1) is 7.20. The van der Waals surface area contributed by atoms with Gasteiger partial charge in [-0.1, -0.05) is 6.07 Å². The second-order valence-corrected chi connectivity index (χ2v) is 4.29. The van der Waals surface area contributed by atoms with Gasteiger partial charge in [-0.2, -0.15) is 0 Å². The van der Waals surface area contributed by atoms with Crippen molar-refractivity contribution in [2.75, 3.05) is 6.61 Å². The van der Waals surface area contributed by atoms with Gasteiger partial charge >= 0.3 is 0 Å². The van der Waals surface area contributed by atoms with Crippen molar-refractivity contribution in [3.05, 3.63) is 29.3 Å². The predicted octanol–water partition coefficient (Wildman–Crippen LogP) is 2.68. The van der Waals surface area contributed by atoms with Crippen LogP contribution in [0.2, 0.25) is 0 Å². The third-order valence-corrected chi connectivity index (χ3v) is 2.95. The van der Waals surface area contributed by atoms with Crippen LogP contribution in [0.15, 0.2) is 18.2 Å². The Kier molecular flexibility index (Phi) is 2.96. The average molecular weight is 205 g/mol. The van der Waals surface area contributed by atoms with Gasteiger partial charge in [0.1, 0.15) is 5.75 Å². The fourth-order valence-electron chi connectivity index (χ4n) is 2.34. The molecule has 0 spiro atoms. The minimum Gasteiger partial charge on any atom is -0.494 e. The zero-order valence-electron chi connectivity index (χ0n) is 9.71. The second-order valence-electron chi connectivity index (χ2n) is 4.29. The highest BCUT2D eigenvalue weighted by Gasteiger charge is 2.20. The molecule has 1 aliphatic rings. The Morgan fingerprint density at radius 2 is 2.20 bits per heavy atom. The molecule has 1 N–H and O–H groups in total. The third-order valence-electron chi connectivity index (χ3n) is 2.95. The molecule has 2 unspecified atom stereocenters. The van der Waals surface area contributed by atoms with Gasteiger partial charge in [0.15, 0.2) is 0 Å². The van der Waals surface area contributed by atoms with Crippen molar-refractivity contribution in [1.29, 1.82) is 0 Å². The van der Waals surface area contributed by atoms with E-state index in [2.05, 4.69) is 37.4 Å². The minimum absolute atomic E-state index is 0.458. The van der Waals surface area contributed by atoms with Crippen molar-refractivity contribution in [1.82, 2.24) is 5.32 Å². The summed E-state index contributed by atoms with van der Waals surface area (Å²) >= 11 is 0. The number of nitrogens with one attached hydrogen (secondary N) is 1. The molecule has 1 heterocycles. The first-order valence-corrected chi connectivity index (χ1v) is 5.72. The van der Waals surface area contributed by atoms with E-state index < -0.39 is 0 Å². The van der Waals surface area contributed by atoms with Crippen LogP contribution < -0.4 is 10.1 Å². The maximum absolute atomic E-state index is 5.52. The van der Waals surface area contributed by atoms with Crippen molar-refractivity contribution in [2.24, 2.45) is 0 Å². The van der Waals surface area contributed by atoms with Crippen LogP contribution in [0.4, 0.5) is 0 Å². The molecule has 0 amide bonds. The molecule has 1 aliphatic heterocycles. The molecule has 15 heavy (non-hydrogen) atoms. The highest BCUT2D eigenvalue weighted by atomic mass is 16.5. The van der Waals surface area contributed by atoms with Gasteiger partial charge in [0.05, 0.1) is 6.61 Å². The Labute approximate surface area is 91.6 Å². The average Bonchev–Trinajstić information content (AvgIpc) is 2.17. The van der Waals surface area contributed by atoms with E-state index in [0.717, 1.165) is 18.8 Å². The standard InChI is InChI=1S/C13H19NO/c1-4-15-12-5-6-13-10(3)14-9(2)7-11(13)8-12/h5-6,8-10,14H,4,7H2,1-3H3. The molecule has 2 atom stereocenters. The molecule has 1 aromatic rings. The summed E-state index contributed by atoms with van der Waals surface area (Å²) in [5, 5.41) is 3.55. The van der Waals surface area contributed by atoms with Crippen molar-refractivity contribution in [2.45, 2.75) is 39.3 Å². The maximum atomic E-state index is 5.52. The molecule has 2 rings (SSSR count). The van der Waals surface area contributed by atoms with Gasteiger partial charge in [0.2, 0.25) is 0 Å². The Bertz CT molecular complexity index is 348. The van der Waals surface area contributed by atoms with Gasteiger partial charge in [-0.15, -0.1) is 0 Å². The fraction of sp³-hybridized carbons (Fsp3) is 0.538. The molecule has 0 saturated carbocycles. The molecule has 2 nitrogen and oxygen atoms in total. The van der Waals surface area contributed by atoms with Crippen LogP contribution in [0, 0.1) is 0 Å². The molecule has 0 bridgehead atoms. The summed E-state index contributed by atoms with van der Waals surface area (Å²) < 4.78 is 5.52. The van der Waals surface area contributed by atoms with Crippen LogP contribution in [0.3, 0.4) is 0 Å². The number of benzene rings is 1. The first kappa shape index (κ1) is 10.5. The molecule has 0 saturated heterocycles. The Hall–Kier alpha value is -1.02. The Morgan fingerprint density at radius 3 is 2.93 bits per heavy atom. The molecular formula is C13H19NO. The van der Waals surface area contributed by atoms with Gasteiger partial charge in [-0.25, -0.2) is 0 Å². The lowest BCUT2D eigenvalue weighted by atomic mass is 9.91. The lowest BCUT2D eigenvalue weighted by Crippen LogP contribution is -2.35. The SMILES string of the molecule is CCOc1ccc2c(c1)CC(C)NC2C. The van der Waals surface area contributed by atoms with Crippen molar-refractivity contribution in [3.8, 4) is 5.75 Å². The molecule has 2 heteroatoms. The molecule has 0 fully saturated rings. The molecule has 0 radical (unpaired) electrons. The number of hydrogen-bond donors (Lipinski definition) is 1. The lowest BCUT2D eigenvalue weighted by Gasteiger charge is -2.29. The summed E-state index contributed by atoms with van der Waals surface area (Å²) in [5.41, 5.74) is 2.84. The second kappa shape index (κ2) is 4.23. The van der Waals surface area contributed by atoms with E-state index in [1.165, 1.54) is 11.1 Å². The van der Waals surface area contributed by atoms with E-state index in [9.17, 15) is 0 Å². The van der Waals surface area contributed by atoms with E-state index in [0.29, 0.717) is 12.1 Å². The number of hydrogen-bond acceptors (Lipinski definition) is 2. The molecule has 1 aromatic carbocycles. The molecule has 82 valence electrons. The van der Waals surface area contributed by atoms with E-state index in [1.54, 1.807) is 0 Å². The molecule has 0 aromatic heterocycles. The molecular weight excluding hydrogens is 186 g/mol. The summed E-state index contributed by atoms with van der Waals surface area (Å²) in [7, 11) is 0. The van der Waals surface area contributed by atoms with Gasteiger partial charge in [0, 0.05) is 12.1 Å². The van der Waals surface area contributed by atoms with Crippen LogP contribution in [0.25, 0.3) is 0 Å². The monoisotopic (exact) mass is 205 g/mol. The van der Waals surface area contributed by atoms with E-state index in [1.807, 2.05) is 6.92 Å². The minimum atomic E-state index is 0.458. The van der Waals surface area contributed by atoms with E-state index >= 15 is 0 Å². The third kappa shape index (κ3) is 2.15. The van der Waals surface area contributed by atoms with Crippen molar-refractivity contribution < 1.29 is 4.74 Å². The van der Waals surface area contributed by atoms with Gasteiger partial charge in [0.25, 0.3) is 0 Å². The maximum Gasteiger partial charge on any atom is 0.119 e. The van der Waals surface area contributed by atoms with Crippen LogP contribution in [0.5, 0.6) is 5.75 Å². The highest BCUT2D eigenvalue weighted by molar-refractivity contribution is 5.39. The first-order valence-electron chi connectivity index (χ1n) is 5.72. The lowest BCUT2D eigenvalue weighted by molar-refractivity contribution is 0.338. The van der Waals surface area contributed by atoms with Crippen LogP contribution in [-0.4, -0.2) is 12.6 Å². The normalized spacial score (nSPS) is 24.7. The van der Waals surface area contributed by atoms with Crippen LogP contribution >= 0.6 is 0 Å². The zero-order valence-corrected chi connectivity index (χ0v) is 9.71. The molecule has 0 aliphatic carbocycles. The van der Waals surface area contributed by atoms with Gasteiger partial charge in [-0.05, 0) is 50.5 Å². The summed E-state index contributed by atoms with van der Waals surface area (Å²) in [6.45, 7) is 7.20. The largest absolute Gasteiger partial charge is 0.494 e. The number of fused-ring (bicyclic) bond motifs is 1. The zero-order chi connectivity index (χ0) is 10.8. The van der Waals surface area contributed by atoms with Crippen LogP contribution in [-0.2, 0) is 6.42 Å². The van der Waals surface area contributed by atoms with Crippen molar-refractivity contribution >= 4 is 0 Å². The summed E-state index contributed by atoms with van der Waals surface area (Å²) in [5.74, 6) is 0.998. The van der Waals surface area contributed by atoms with Crippen LogP contribution in [0.1, 0.15) is 37.9 Å². The van der Waals surface area contributed by atoms with Gasteiger partial charge < -0.3 is 10.1 Å². The highest BCUT2D eigenvalue weighted by Crippen LogP contribution is 2.28.